The van der Waals surface area contributed by atoms with Gasteiger partial charge in [0.1, 0.15) is 0 Å². The van der Waals surface area contributed by atoms with Gasteiger partial charge in [-0.3, -0.25) is 0 Å². The third-order valence-electron chi connectivity index (χ3n) is 1.38. The summed E-state index contributed by atoms with van der Waals surface area (Å²) in [5.74, 6) is 0. The van der Waals surface area contributed by atoms with E-state index in [0.717, 1.165) is 0 Å². The molecule has 0 aliphatic rings. The molecule has 0 amide bonds. The quantitative estimate of drug-likeness (QED) is 0.333. The zero-order chi connectivity index (χ0) is 7.94. The van der Waals surface area contributed by atoms with Crippen molar-refractivity contribution < 1.29 is 50.7 Å². The van der Waals surface area contributed by atoms with Gasteiger partial charge >= 0.3 is 25.8 Å². The number of aryl methyl sites for hydroxylation is 1. The summed E-state index contributed by atoms with van der Waals surface area (Å²) >= 11 is 0. The Hall–Kier alpha value is 0.150. The average Bonchev–Trinajstić information content (AvgIpc) is 2.57. The molecule has 0 fully saturated rings. The van der Waals surface area contributed by atoms with Crippen LogP contribution in [0.4, 0.5) is 0 Å². The Bertz CT molecular complexity index is 231. The number of hydrogen-bond acceptors (Lipinski definition) is 0. The Kier molecular flexibility index (Phi) is 18.5. The van der Waals surface area contributed by atoms with Crippen LogP contribution in [0.2, 0.25) is 0 Å². The van der Waals surface area contributed by atoms with Crippen molar-refractivity contribution in [3.8, 4) is 0 Å². The molecule has 14 heavy (non-hydrogen) atoms. The van der Waals surface area contributed by atoms with Gasteiger partial charge in [0.15, 0.2) is 0 Å². The van der Waals surface area contributed by atoms with E-state index in [0.29, 0.717) is 0 Å². The van der Waals surface area contributed by atoms with E-state index in [9.17, 15) is 0 Å². The summed E-state index contributed by atoms with van der Waals surface area (Å²) in [5.41, 5.74) is 1.34. The summed E-state index contributed by atoms with van der Waals surface area (Å²) < 4.78 is 0. The van der Waals surface area contributed by atoms with Crippen molar-refractivity contribution in [1.82, 2.24) is 0 Å². The monoisotopic (exact) mass is 394 g/mol. The summed E-state index contributed by atoms with van der Waals surface area (Å²) in [6.45, 7) is 2.08. The van der Waals surface area contributed by atoms with Crippen LogP contribution in [0, 0.1) is 6.92 Å². The summed E-state index contributed by atoms with van der Waals surface area (Å²) in [7, 11) is 0. The van der Waals surface area contributed by atoms with Crippen molar-refractivity contribution in [2.75, 3.05) is 0 Å². The van der Waals surface area contributed by atoms with E-state index >= 15 is 0 Å². The molecule has 0 aliphatic heterocycles. The van der Waals surface area contributed by atoms with E-state index in [1.54, 1.807) is 0 Å². The van der Waals surface area contributed by atoms with Crippen molar-refractivity contribution in [2.24, 2.45) is 0 Å². The molecule has 0 nitrogen and oxygen atoms in total. The normalized spacial score (nSPS) is 6.64. The summed E-state index contributed by atoms with van der Waals surface area (Å²) in [4.78, 5) is 0. The van der Waals surface area contributed by atoms with Crippen molar-refractivity contribution >= 4 is 0 Å². The van der Waals surface area contributed by atoms with Crippen molar-refractivity contribution in [2.45, 2.75) is 6.92 Å². The molecule has 0 aromatic heterocycles. The smallest absolute Gasteiger partial charge is 1.00 e. The number of hydrogen-bond donors (Lipinski definition) is 0. The third-order valence-corrected chi connectivity index (χ3v) is 1.38. The third kappa shape index (κ3) is 10.2. The molecule has 0 aliphatic carbocycles. The molecule has 0 N–H and O–H groups in total. The van der Waals surface area contributed by atoms with E-state index in [1.165, 1.54) is 5.56 Å². The van der Waals surface area contributed by atoms with Crippen LogP contribution < -0.4 is 24.8 Å². The summed E-state index contributed by atoms with van der Waals surface area (Å²) in [6, 6.07) is 18.2. The second-order valence-corrected chi connectivity index (χ2v) is 2.42. The number of halogens is 2. The fraction of sp³-hybridized carbons (Fsp3) is 0.0909. The topological polar surface area (TPSA) is 0 Å². The van der Waals surface area contributed by atoms with Gasteiger partial charge in [-0.1, -0.05) is 6.92 Å². The Balaban J connectivity index is -0.000000144. The van der Waals surface area contributed by atoms with E-state index in [2.05, 4.69) is 19.1 Å². The minimum Gasteiger partial charge on any atom is -1.00 e. The van der Waals surface area contributed by atoms with Crippen LogP contribution in [0.5, 0.6) is 0 Å². The van der Waals surface area contributed by atoms with Gasteiger partial charge in [-0.05, 0) is 0 Å². The molecule has 0 atom stereocenters. The van der Waals surface area contributed by atoms with Gasteiger partial charge in [-0.15, -0.1) is 0 Å². The molecule has 74 valence electrons. The fourth-order valence-electron chi connectivity index (χ4n) is 0.791. The summed E-state index contributed by atoms with van der Waals surface area (Å²) in [5, 5.41) is 0. The van der Waals surface area contributed by atoms with Crippen molar-refractivity contribution in [3.63, 3.8) is 0 Å². The Morgan fingerprint density at radius 3 is 1.43 bits per heavy atom. The van der Waals surface area contributed by atoms with Crippen LogP contribution in [0.15, 0.2) is 54.6 Å². The molecule has 0 radical (unpaired) electrons. The first-order valence-electron chi connectivity index (χ1n) is 3.74. The Morgan fingerprint density at radius 2 is 1.29 bits per heavy atom. The molecular weight excluding hydrogens is 382 g/mol. The first-order chi connectivity index (χ1) is 5.39. The SMILES string of the molecule is C[c-]1cccc1.[Cl-].[Cl-].[Hf+4].c1cc[cH-]c1. The molecule has 2 aromatic rings. The second kappa shape index (κ2) is 13.2. The largest absolute Gasteiger partial charge is 4.00 e. The average molecular weight is 394 g/mol. The molecule has 2 rings (SSSR count). The summed E-state index contributed by atoms with van der Waals surface area (Å²) in [6.07, 6.45) is 0. The van der Waals surface area contributed by atoms with Crippen molar-refractivity contribution in [1.29, 1.82) is 0 Å². The molecule has 3 heteroatoms. The predicted octanol–water partition coefficient (Wildman–Crippen LogP) is -2.88. The zero-order valence-electron chi connectivity index (χ0n) is 7.95. The minimum absolute atomic E-state index is 0. The van der Waals surface area contributed by atoms with Crippen LogP contribution in [-0.2, 0) is 25.8 Å². The van der Waals surface area contributed by atoms with Crippen molar-refractivity contribution in [3.05, 3.63) is 60.2 Å². The maximum Gasteiger partial charge on any atom is 4.00 e. The van der Waals surface area contributed by atoms with Crippen LogP contribution >= 0.6 is 0 Å². The predicted molar refractivity (Wildman–Crippen MR) is 48.8 cm³/mol. The first kappa shape index (κ1) is 19.7. The van der Waals surface area contributed by atoms with Gasteiger partial charge < -0.3 is 24.8 Å². The first-order valence-corrected chi connectivity index (χ1v) is 3.74. The van der Waals surface area contributed by atoms with Gasteiger partial charge in [0.25, 0.3) is 0 Å². The van der Waals surface area contributed by atoms with Gasteiger partial charge in [-0.25, -0.2) is 24.3 Å². The van der Waals surface area contributed by atoms with Crippen LogP contribution in [0.3, 0.4) is 0 Å². The van der Waals surface area contributed by atoms with Gasteiger partial charge in [0, 0.05) is 0 Å². The molecule has 0 unspecified atom stereocenters. The maximum atomic E-state index is 2.08. The van der Waals surface area contributed by atoms with Gasteiger partial charge in [0.2, 0.25) is 0 Å². The molecule has 0 saturated heterocycles. The Morgan fingerprint density at radius 1 is 0.857 bits per heavy atom. The van der Waals surface area contributed by atoms with E-state index in [-0.39, 0.29) is 50.7 Å². The van der Waals surface area contributed by atoms with Crippen LogP contribution in [0.25, 0.3) is 0 Å². The maximum absolute atomic E-state index is 2.08. The molecule has 0 bridgehead atoms. The van der Waals surface area contributed by atoms with Crippen LogP contribution in [-0.4, -0.2) is 0 Å². The molecule has 2 aromatic carbocycles. The van der Waals surface area contributed by atoms with Crippen LogP contribution in [0.1, 0.15) is 5.56 Å². The van der Waals surface area contributed by atoms with E-state index in [4.69, 9.17) is 0 Å². The van der Waals surface area contributed by atoms with Gasteiger partial charge in [-0.2, -0.15) is 35.9 Å². The zero-order valence-corrected chi connectivity index (χ0v) is 13.1. The number of rotatable bonds is 0. The second-order valence-electron chi connectivity index (χ2n) is 2.42. The van der Waals surface area contributed by atoms with Gasteiger partial charge in [0.05, 0.1) is 0 Å². The fourth-order valence-corrected chi connectivity index (χ4v) is 0.791. The molecular formula is C11H12Cl2Hf. The molecule has 0 saturated carbocycles. The minimum atomic E-state index is 0. The molecule has 0 spiro atoms. The van der Waals surface area contributed by atoms with E-state index in [1.807, 2.05) is 42.5 Å². The van der Waals surface area contributed by atoms with E-state index < -0.39 is 0 Å². The molecule has 0 heterocycles. The Labute approximate surface area is 117 Å². The standard InChI is InChI=1S/C6H7.C5H5.2ClH.Hf/c1-6-4-2-3-5-6;1-2-4-5-3-1;;;/h2-5H,1H3;1-5H;2*1H;/q2*-1;;;+4/p-2.